The highest BCUT2D eigenvalue weighted by molar-refractivity contribution is 6.30. The van der Waals surface area contributed by atoms with Gasteiger partial charge in [-0.1, -0.05) is 23.7 Å². The van der Waals surface area contributed by atoms with Crippen molar-refractivity contribution in [2.24, 2.45) is 0 Å². The lowest BCUT2D eigenvalue weighted by Crippen LogP contribution is -2.31. The first-order valence-corrected chi connectivity index (χ1v) is 6.92. The average Bonchev–Trinajstić information content (AvgIpc) is 2.42. The second kappa shape index (κ2) is 6.59. The van der Waals surface area contributed by atoms with Crippen LogP contribution in [0.2, 0.25) is 5.02 Å². The van der Waals surface area contributed by atoms with E-state index >= 15 is 0 Å². The number of halogens is 2. The molecule has 2 amide bonds. The largest absolute Gasteiger partial charge is 0.331 e. The molecule has 0 bridgehead atoms. The summed E-state index contributed by atoms with van der Waals surface area (Å²) >= 11 is 5.93. The Morgan fingerprint density at radius 3 is 2.67 bits per heavy atom. The molecule has 2 aromatic rings. The molecule has 0 saturated heterocycles. The zero-order valence-corrected chi connectivity index (χ0v) is 12.5. The van der Waals surface area contributed by atoms with Crippen LogP contribution in [-0.4, -0.2) is 6.03 Å². The number of urea groups is 1. The Morgan fingerprint density at radius 2 is 2.00 bits per heavy atom. The fourth-order valence-electron chi connectivity index (χ4n) is 1.98. The van der Waals surface area contributed by atoms with Crippen molar-refractivity contribution < 1.29 is 9.18 Å². The lowest BCUT2D eigenvalue weighted by atomic mass is 10.1. The minimum atomic E-state index is -0.350. The molecule has 0 saturated carbocycles. The fraction of sp³-hybridized carbons (Fsp3) is 0.188. The van der Waals surface area contributed by atoms with Crippen LogP contribution < -0.4 is 10.6 Å². The van der Waals surface area contributed by atoms with E-state index in [-0.39, 0.29) is 17.9 Å². The van der Waals surface area contributed by atoms with Gasteiger partial charge >= 0.3 is 6.03 Å². The standard InChI is InChI=1S/C16H16ClFN2O/c1-10-8-14(18)6-7-15(10)20-16(21)19-11(2)12-4-3-5-13(17)9-12/h3-9,11H,1-2H3,(H2,19,20,21)/t11-/m1/s1. The van der Waals surface area contributed by atoms with E-state index in [0.29, 0.717) is 16.3 Å². The summed E-state index contributed by atoms with van der Waals surface area (Å²) in [5.74, 6) is -0.328. The molecular weight excluding hydrogens is 291 g/mol. The van der Waals surface area contributed by atoms with Crippen LogP contribution in [0, 0.1) is 12.7 Å². The monoisotopic (exact) mass is 306 g/mol. The molecule has 110 valence electrons. The minimum Gasteiger partial charge on any atom is -0.331 e. The number of carbonyl (C=O) groups excluding carboxylic acids is 1. The van der Waals surface area contributed by atoms with Crippen molar-refractivity contribution in [3.8, 4) is 0 Å². The highest BCUT2D eigenvalue weighted by Crippen LogP contribution is 2.18. The van der Waals surface area contributed by atoms with Crippen molar-refractivity contribution in [2.75, 3.05) is 5.32 Å². The molecule has 3 nitrogen and oxygen atoms in total. The van der Waals surface area contributed by atoms with Crippen molar-refractivity contribution in [2.45, 2.75) is 19.9 Å². The highest BCUT2D eigenvalue weighted by Gasteiger charge is 2.11. The van der Waals surface area contributed by atoms with Crippen LogP contribution in [0.15, 0.2) is 42.5 Å². The van der Waals surface area contributed by atoms with Crippen molar-refractivity contribution in [1.29, 1.82) is 0 Å². The zero-order valence-electron chi connectivity index (χ0n) is 11.8. The Balaban J connectivity index is 2.01. The van der Waals surface area contributed by atoms with Crippen LogP contribution in [0.1, 0.15) is 24.1 Å². The van der Waals surface area contributed by atoms with E-state index in [0.717, 1.165) is 5.56 Å². The minimum absolute atomic E-state index is 0.190. The Labute approximate surface area is 128 Å². The molecule has 2 aromatic carbocycles. The molecule has 0 aromatic heterocycles. The molecule has 5 heteroatoms. The van der Waals surface area contributed by atoms with Crippen LogP contribution in [0.4, 0.5) is 14.9 Å². The molecule has 0 fully saturated rings. The van der Waals surface area contributed by atoms with Gasteiger partial charge in [0.1, 0.15) is 5.82 Å². The number of benzene rings is 2. The van der Waals surface area contributed by atoms with Crippen LogP contribution in [0.3, 0.4) is 0 Å². The van der Waals surface area contributed by atoms with E-state index in [1.54, 1.807) is 19.1 Å². The summed E-state index contributed by atoms with van der Waals surface area (Å²) in [6.45, 7) is 3.60. The van der Waals surface area contributed by atoms with E-state index in [2.05, 4.69) is 10.6 Å². The number of aryl methyl sites for hydroxylation is 1. The SMILES string of the molecule is Cc1cc(F)ccc1NC(=O)N[C@H](C)c1cccc(Cl)c1. The van der Waals surface area contributed by atoms with E-state index in [4.69, 9.17) is 11.6 Å². The first-order chi connectivity index (χ1) is 9.95. The maximum atomic E-state index is 13.0. The van der Waals surface area contributed by atoms with Crippen molar-refractivity contribution >= 4 is 23.3 Å². The van der Waals surface area contributed by atoms with E-state index < -0.39 is 0 Å². The fourth-order valence-corrected chi connectivity index (χ4v) is 2.18. The third-order valence-corrected chi connectivity index (χ3v) is 3.37. The smallest absolute Gasteiger partial charge is 0.319 e. The molecule has 0 unspecified atom stereocenters. The van der Waals surface area contributed by atoms with Gasteiger partial charge in [0.25, 0.3) is 0 Å². The lowest BCUT2D eigenvalue weighted by molar-refractivity contribution is 0.249. The molecule has 21 heavy (non-hydrogen) atoms. The quantitative estimate of drug-likeness (QED) is 0.850. The second-order valence-electron chi connectivity index (χ2n) is 4.83. The number of rotatable bonds is 3. The first kappa shape index (κ1) is 15.3. The van der Waals surface area contributed by atoms with Gasteiger partial charge in [0.2, 0.25) is 0 Å². The summed E-state index contributed by atoms with van der Waals surface area (Å²) < 4.78 is 13.0. The van der Waals surface area contributed by atoms with Gasteiger partial charge in [-0.25, -0.2) is 9.18 Å². The first-order valence-electron chi connectivity index (χ1n) is 6.55. The molecule has 0 spiro atoms. The van der Waals surface area contributed by atoms with Crippen molar-refractivity contribution in [1.82, 2.24) is 5.32 Å². The molecular formula is C16H16ClFN2O. The molecule has 1 atom stereocenters. The van der Waals surface area contributed by atoms with Crippen LogP contribution in [-0.2, 0) is 0 Å². The molecule has 0 aliphatic heterocycles. The van der Waals surface area contributed by atoms with Gasteiger partial charge in [-0.3, -0.25) is 0 Å². The van der Waals surface area contributed by atoms with Gasteiger partial charge in [-0.05, 0) is 55.3 Å². The van der Waals surface area contributed by atoms with Crippen molar-refractivity contribution in [3.63, 3.8) is 0 Å². The number of hydrogen-bond donors (Lipinski definition) is 2. The summed E-state index contributed by atoms with van der Waals surface area (Å²) in [5, 5.41) is 6.14. The molecule has 0 aliphatic carbocycles. The molecule has 2 N–H and O–H groups in total. The normalized spacial score (nSPS) is 11.8. The summed E-state index contributed by atoms with van der Waals surface area (Å²) in [6, 6.07) is 11.0. The van der Waals surface area contributed by atoms with Gasteiger partial charge in [0.05, 0.1) is 6.04 Å². The number of amides is 2. The van der Waals surface area contributed by atoms with Gasteiger partial charge in [0, 0.05) is 10.7 Å². The summed E-state index contributed by atoms with van der Waals surface area (Å²) in [5.41, 5.74) is 2.15. The predicted octanol–water partition coefficient (Wildman–Crippen LogP) is 4.67. The summed E-state index contributed by atoms with van der Waals surface area (Å²) in [4.78, 5) is 12.0. The topological polar surface area (TPSA) is 41.1 Å². The Kier molecular flexibility index (Phi) is 4.81. The number of carbonyl (C=O) groups is 1. The number of anilines is 1. The third kappa shape index (κ3) is 4.20. The van der Waals surface area contributed by atoms with Gasteiger partial charge in [-0.2, -0.15) is 0 Å². The maximum absolute atomic E-state index is 13.0. The van der Waals surface area contributed by atoms with Gasteiger partial charge < -0.3 is 10.6 Å². The van der Waals surface area contributed by atoms with Crippen molar-refractivity contribution in [3.05, 3.63) is 64.4 Å². The van der Waals surface area contributed by atoms with Gasteiger partial charge in [-0.15, -0.1) is 0 Å². The Morgan fingerprint density at radius 1 is 1.24 bits per heavy atom. The number of nitrogens with one attached hydrogen (secondary N) is 2. The maximum Gasteiger partial charge on any atom is 0.319 e. The van der Waals surface area contributed by atoms with E-state index in [9.17, 15) is 9.18 Å². The molecule has 2 rings (SSSR count). The van der Waals surface area contributed by atoms with E-state index in [1.807, 2.05) is 19.1 Å². The van der Waals surface area contributed by atoms with Crippen LogP contribution in [0.5, 0.6) is 0 Å². The highest BCUT2D eigenvalue weighted by atomic mass is 35.5. The summed E-state index contributed by atoms with van der Waals surface area (Å²) in [7, 11) is 0. The van der Waals surface area contributed by atoms with Crippen LogP contribution >= 0.6 is 11.6 Å². The summed E-state index contributed by atoms with van der Waals surface area (Å²) in [6.07, 6.45) is 0. The van der Waals surface area contributed by atoms with Gasteiger partial charge in [0.15, 0.2) is 0 Å². The predicted molar refractivity (Wildman–Crippen MR) is 83.2 cm³/mol. The Bertz CT molecular complexity index is 660. The zero-order chi connectivity index (χ0) is 15.4. The molecule has 0 aliphatic rings. The second-order valence-corrected chi connectivity index (χ2v) is 5.27. The van der Waals surface area contributed by atoms with Crippen LogP contribution in [0.25, 0.3) is 0 Å². The van der Waals surface area contributed by atoms with E-state index in [1.165, 1.54) is 18.2 Å². The Hall–Kier alpha value is -2.07. The average molecular weight is 307 g/mol. The molecule has 0 radical (unpaired) electrons. The molecule has 0 heterocycles. The third-order valence-electron chi connectivity index (χ3n) is 3.13. The number of hydrogen-bond acceptors (Lipinski definition) is 1. The lowest BCUT2D eigenvalue weighted by Gasteiger charge is -2.16.